The van der Waals surface area contributed by atoms with Crippen molar-refractivity contribution in [1.82, 2.24) is 15.0 Å². The quantitative estimate of drug-likeness (QED) is 0.192. The number of para-hydroxylation sites is 1. The Morgan fingerprint density at radius 1 is 0.440 bits per heavy atom. The summed E-state index contributed by atoms with van der Waals surface area (Å²) >= 11 is 0. The summed E-state index contributed by atoms with van der Waals surface area (Å²) in [6.45, 7) is 4.71. The molecule has 4 nitrogen and oxygen atoms in total. The van der Waals surface area contributed by atoms with Crippen LogP contribution in [0.2, 0.25) is 0 Å². The number of nitrogens with zero attached hydrogens (tertiary/aromatic N) is 3. The lowest BCUT2D eigenvalue weighted by atomic mass is 9.79. The summed E-state index contributed by atoms with van der Waals surface area (Å²) < 4.78 is 6.61. The second-order valence-electron chi connectivity index (χ2n) is 13.6. The first kappa shape index (κ1) is 28.6. The monoisotopic (exact) mass is 641 g/mol. The highest BCUT2D eigenvalue weighted by molar-refractivity contribution is 6.24. The maximum Gasteiger partial charge on any atom is 0.164 e. The first-order valence-electron chi connectivity index (χ1n) is 17.0. The Labute approximate surface area is 289 Å². The van der Waals surface area contributed by atoms with Crippen LogP contribution in [-0.2, 0) is 5.41 Å². The average Bonchev–Trinajstić information content (AvgIpc) is 3.68. The van der Waals surface area contributed by atoms with Gasteiger partial charge in [0.05, 0.1) is 0 Å². The van der Waals surface area contributed by atoms with E-state index in [0.717, 1.165) is 38.8 Å². The third kappa shape index (κ3) is 4.21. The first-order chi connectivity index (χ1) is 24.6. The molecule has 1 aliphatic carbocycles. The molecule has 0 spiro atoms. The van der Waals surface area contributed by atoms with E-state index >= 15 is 0 Å². The summed E-state index contributed by atoms with van der Waals surface area (Å²) in [6.07, 6.45) is 0. The lowest BCUT2D eigenvalue weighted by molar-refractivity contribution is 0.659. The summed E-state index contributed by atoms with van der Waals surface area (Å²) in [6, 6.07) is 52.8. The molecule has 7 aromatic carbocycles. The van der Waals surface area contributed by atoms with Crippen LogP contribution >= 0.6 is 0 Å². The van der Waals surface area contributed by atoms with Crippen LogP contribution in [0.3, 0.4) is 0 Å². The smallest absolute Gasteiger partial charge is 0.164 e. The van der Waals surface area contributed by atoms with Crippen molar-refractivity contribution in [2.45, 2.75) is 19.3 Å². The van der Waals surface area contributed by atoms with Crippen molar-refractivity contribution in [3.05, 3.63) is 163 Å². The Morgan fingerprint density at radius 2 is 0.960 bits per heavy atom. The summed E-state index contributed by atoms with van der Waals surface area (Å²) in [5.74, 6) is 1.96. The van der Waals surface area contributed by atoms with E-state index < -0.39 is 0 Å². The molecule has 2 heterocycles. The second kappa shape index (κ2) is 10.8. The Balaban J connectivity index is 1.16. The molecule has 0 amide bonds. The summed E-state index contributed by atoms with van der Waals surface area (Å²) in [5, 5.41) is 4.75. The van der Waals surface area contributed by atoms with Gasteiger partial charge in [-0.2, -0.15) is 0 Å². The van der Waals surface area contributed by atoms with Gasteiger partial charge in [-0.15, -0.1) is 0 Å². The molecule has 0 aliphatic heterocycles. The fraction of sp³-hybridized carbons (Fsp3) is 0.0652. The summed E-state index contributed by atoms with van der Waals surface area (Å²) in [4.78, 5) is 14.8. The van der Waals surface area contributed by atoms with Crippen molar-refractivity contribution >= 4 is 32.7 Å². The van der Waals surface area contributed by atoms with Crippen LogP contribution < -0.4 is 0 Å². The molecular formula is C46H31N3O. The molecule has 0 saturated heterocycles. The minimum Gasteiger partial charge on any atom is -0.455 e. The molecule has 10 rings (SSSR count). The Bertz CT molecular complexity index is 2710. The number of aromatic nitrogens is 3. The van der Waals surface area contributed by atoms with Crippen LogP contribution in [-0.4, -0.2) is 15.0 Å². The highest BCUT2D eigenvalue weighted by Crippen LogP contribution is 2.58. The molecule has 0 fully saturated rings. The van der Waals surface area contributed by atoms with E-state index in [0.29, 0.717) is 17.5 Å². The first-order valence-corrected chi connectivity index (χ1v) is 17.0. The van der Waals surface area contributed by atoms with Crippen LogP contribution in [0.4, 0.5) is 0 Å². The van der Waals surface area contributed by atoms with E-state index in [1.807, 2.05) is 60.7 Å². The predicted molar refractivity (Wildman–Crippen MR) is 204 cm³/mol. The zero-order chi connectivity index (χ0) is 33.4. The van der Waals surface area contributed by atoms with Crippen molar-refractivity contribution in [2.24, 2.45) is 0 Å². The highest BCUT2D eigenvalue weighted by atomic mass is 16.3. The molecule has 9 aromatic rings. The summed E-state index contributed by atoms with van der Waals surface area (Å²) in [7, 11) is 0. The molecule has 0 bridgehead atoms. The zero-order valence-corrected chi connectivity index (χ0v) is 27.7. The molecule has 4 heteroatoms. The molecule has 0 N–H and O–H groups in total. The van der Waals surface area contributed by atoms with Crippen molar-refractivity contribution in [3.63, 3.8) is 0 Å². The van der Waals surface area contributed by atoms with E-state index in [1.54, 1.807) is 0 Å². The third-order valence-electron chi connectivity index (χ3n) is 10.3. The number of hydrogen-bond acceptors (Lipinski definition) is 4. The van der Waals surface area contributed by atoms with Gasteiger partial charge in [-0.3, -0.25) is 0 Å². The van der Waals surface area contributed by atoms with Gasteiger partial charge >= 0.3 is 0 Å². The number of fused-ring (bicyclic) bond motifs is 10. The molecule has 0 atom stereocenters. The van der Waals surface area contributed by atoms with E-state index in [-0.39, 0.29) is 5.41 Å². The number of benzene rings is 7. The molecule has 236 valence electrons. The minimum absolute atomic E-state index is 0.234. The lowest BCUT2D eigenvalue weighted by Gasteiger charge is -2.23. The SMILES string of the molecule is CC1(C)c2cccc(-c3ccc(-c4nc(-c5ccccc5)nc(-c5ccccc5)n4)cc3)c2-c2c1c1c3ccccc3oc1c1ccccc21. The van der Waals surface area contributed by atoms with Gasteiger partial charge in [-0.25, -0.2) is 15.0 Å². The molecule has 0 unspecified atom stereocenters. The molecular weight excluding hydrogens is 611 g/mol. The Kier molecular flexibility index (Phi) is 6.19. The standard InChI is InChI=1S/C46H31N3O/c1-46(2)36-22-13-21-32(38(36)39-33-18-9-10-19-34(33)42-40(41(39)46)35-20-11-12-23-37(35)50-42)28-24-26-31(27-25-28)45-48-43(29-14-5-3-6-15-29)47-44(49-45)30-16-7-4-8-17-30/h3-27H,1-2H3. The van der Waals surface area contributed by atoms with Gasteiger partial charge in [0.15, 0.2) is 17.5 Å². The van der Waals surface area contributed by atoms with Gasteiger partial charge in [0.2, 0.25) is 0 Å². The van der Waals surface area contributed by atoms with Crippen molar-refractivity contribution in [2.75, 3.05) is 0 Å². The van der Waals surface area contributed by atoms with Gasteiger partial charge in [0, 0.05) is 38.3 Å². The number of rotatable bonds is 4. The molecule has 2 aromatic heterocycles. The normalized spacial score (nSPS) is 13.2. The predicted octanol–water partition coefficient (Wildman–Crippen LogP) is 11.9. The molecule has 0 saturated carbocycles. The second-order valence-corrected chi connectivity index (χ2v) is 13.6. The van der Waals surface area contributed by atoms with Crippen LogP contribution in [0.5, 0.6) is 0 Å². The van der Waals surface area contributed by atoms with Gasteiger partial charge in [-0.1, -0.05) is 159 Å². The molecule has 0 radical (unpaired) electrons. The fourth-order valence-corrected chi connectivity index (χ4v) is 7.98. The van der Waals surface area contributed by atoms with E-state index in [2.05, 4.69) is 105 Å². The van der Waals surface area contributed by atoms with E-state index in [9.17, 15) is 0 Å². The van der Waals surface area contributed by atoms with Crippen LogP contribution in [0, 0.1) is 0 Å². The van der Waals surface area contributed by atoms with Crippen molar-refractivity contribution < 1.29 is 4.42 Å². The Hall–Kier alpha value is -6.39. The molecule has 50 heavy (non-hydrogen) atoms. The van der Waals surface area contributed by atoms with Crippen LogP contribution in [0.1, 0.15) is 25.0 Å². The highest BCUT2D eigenvalue weighted by Gasteiger charge is 2.41. The fourth-order valence-electron chi connectivity index (χ4n) is 7.98. The zero-order valence-electron chi connectivity index (χ0n) is 27.7. The van der Waals surface area contributed by atoms with Gasteiger partial charge < -0.3 is 4.42 Å². The van der Waals surface area contributed by atoms with Crippen molar-refractivity contribution in [1.29, 1.82) is 0 Å². The molecule has 1 aliphatic rings. The maximum atomic E-state index is 6.61. The van der Waals surface area contributed by atoms with Crippen LogP contribution in [0.15, 0.2) is 156 Å². The average molecular weight is 642 g/mol. The Morgan fingerprint density at radius 3 is 1.60 bits per heavy atom. The number of hydrogen-bond donors (Lipinski definition) is 0. The number of furan rings is 1. The maximum absolute atomic E-state index is 6.61. The lowest BCUT2D eigenvalue weighted by Crippen LogP contribution is -2.15. The minimum atomic E-state index is -0.234. The third-order valence-corrected chi connectivity index (χ3v) is 10.3. The van der Waals surface area contributed by atoms with Gasteiger partial charge in [0.1, 0.15) is 11.2 Å². The summed E-state index contributed by atoms with van der Waals surface area (Å²) in [5.41, 5.74) is 12.1. The van der Waals surface area contributed by atoms with Gasteiger partial charge in [-0.05, 0) is 44.8 Å². The van der Waals surface area contributed by atoms with Crippen LogP contribution in [0.25, 0.3) is 89.1 Å². The largest absolute Gasteiger partial charge is 0.455 e. The van der Waals surface area contributed by atoms with E-state index in [4.69, 9.17) is 19.4 Å². The topological polar surface area (TPSA) is 51.8 Å². The van der Waals surface area contributed by atoms with Crippen molar-refractivity contribution in [3.8, 4) is 56.4 Å². The van der Waals surface area contributed by atoms with Gasteiger partial charge in [0.25, 0.3) is 0 Å². The van der Waals surface area contributed by atoms with E-state index in [1.165, 1.54) is 44.0 Å².